The predicted molar refractivity (Wildman–Crippen MR) is 280 cm³/mol. The van der Waals surface area contributed by atoms with Gasteiger partial charge in [0, 0.05) is 47.9 Å². The molecule has 1 aliphatic carbocycles. The molecule has 0 unspecified atom stereocenters. The van der Waals surface area contributed by atoms with Crippen molar-refractivity contribution in [3.63, 3.8) is 0 Å². The van der Waals surface area contributed by atoms with Gasteiger partial charge in [0.05, 0.1) is 22.3 Å². The highest BCUT2D eigenvalue weighted by molar-refractivity contribution is 7.11. The van der Waals surface area contributed by atoms with Gasteiger partial charge in [-0.2, -0.15) is 26.9 Å². The summed E-state index contributed by atoms with van der Waals surface area (Å²) in [6.07, 6.45) is 10.2. The van der Waals surface area contributed by atoms with Crippen molar-refractivity contribution in [2.75, 3.05) is 20.2 Å². The molecule has 0 amide bonds. The van der Waals surface area contributed by atoms with Gasteiger partial charge in [0.2, 0.25) is 17.1 Å². The molecule has 350 valence electrons. The van der Waals surface area contributed by atoms with Gasteiger partial charge in [-0.3, -0.25) is 0 Å². The van der Waals surface area contributed by atoms with Crippen molar-refractivity contribution >= 4 is 59.3 Å². The maximum absolute atomic E-state index is 12.9. The number of alkyl halides is 3. The molecular weight excluding hydrogens is 908 g/mol. The van der Waals surface area contributed by atoms with Crippen LogP contribution in [0.4, 0.5) is 30.2 Å². The standard InChI is InChI=1S/C27H24NOSi.C19H16NO.C15H11F3NO/c1-30(24-15-7-3-8-16-24,25-17-9-4-10-18-25)26-19-11-12-22-20-28(21-29-27(22)26)23-13-5-2-6-14-23;1-2-10-17(11-3-1)20-13-16-9-6-12-18(19(16)21-14-20)15-7-4-5-8-15;16-15(17,18)13-8-4-5-11-9-19(10-20-14(11)13)12-6-2-1-3-7-12/h2-20H,21H2,1H3;1-13,15H,14H2;1-9H,10H2/q3*+1. The lowest BCUT2D eigenvalue weighted by molar-refractivity contribution is -0.476. The molecule has 3 aliphatic heterocycles. The van der Waals surface area contributed by atoms with Crippen molar-refractivity contribution in [2.24, 2.45) is 0 Å². The normalized spacial score (nSPS) is 14.5. The Bertz CT molecular complexity index is 3250. The third-order valence-electron chi connectivity index (χ3n) is 13.0. The molecule has 8 aromatic rings. The van der Waals surface area contributed by atoms with E-state index in [1.807, 2.05) is 54.6 Å². The number of allylic oxidation sites excluding steroid dienone is 4. The number of benzene rings is 8. The fourth-order valence-corrected chi connectivity index (χ4v) is 13.1. The Balaban J connectivity index is 0.000000127. The molecule has 0 saturated heterocycles. The Morgan fingerprint density at radius 2 is 0.803 bits per heavy atom. The number of ether oxygens (including phenoxy) is 3. The quantitative estimate of drug-likeness (QED) is 0.0907. The topological polar surface area (TPSA) is 36.7 Å². The molecule has 3 heterocycles. The highest BCUT2D eigenvalue weighted by Crippen LogP contribution is 2.39. The molecule has 0 N–H and O–H groups in total. The van der Waals surface area contributed by atoms with E-state index in [1.54, 1.807) is 16.9 Å². The van der Waals surface area contributed by atoms with Crippen LogP contribution in [-0.2, 0) is 6.18 Å². The smallest absolute Gasteiger partial charge is 0.419 e. The van der Waals surface area contributed by atoms with E-state index in [1.165, 1.54) is 27.2 Å². The first-order valence-electron chi connectivity index (χ1n) is 23.5. The second kappa shape index (κ2) is 20.7. The summed E-state index contributed by atoms with van der Waals surface area (Å²) in [5.74, 6) is 2.25. The molecule has 12 rings (SSSR count). The van der Waals surface area contributed by atoms with Crippen LogP contribution in [0.5, 0.6) is 17.2 Å². The lowest BCUT2D eigenvalue weighted by Gasteiger charge is -2.32. The molecule has 6 nitrogen and oxygen atoms in total. The van der Waals surface area contributed by atoms with Gasteiger partial charge in [0.15, 0.2) is 24.4 Å². The van der Waals surface area contributed by atoms with Crippen molar-refractivity contribution in [1.82, 2.24) is 0 Å². The summed E-state index contributed by atoms with van der Waals surface area (Å²) < 4.78 is 62.5. The number of fused-ring (bicyclic) bond motifs is 3. The minimum atomic E-state index is -4.41. The Labute approximate surface area is 413 Å². The second-order valence-corrected chi connectivity index (χ2v) is 21.4. The number of nitrogens with zero attached hydrogens (tertiary/aromatic N) is 3. The molecule has 0 aromatic heterocycles. The van der Waals surface area contributed by atoms with Crippen molar-refractivity contribution in [2.45, 2.75) is 18.6 Å². The molecule has 0 spiro atoms. The van der Waals surface area contributed by atoms with E-state index < -0.39 is 19.8 Å². The first-order valence-corrected chi connectivity index (χ1v) is 26.0. The number of hydrogen-bond donors (Lipinski definition) is 0. The molecule has 4 aliphatic rings. The lowest BCUT2D eigenvalue weighted by Crippen LogP contribution is -2.65. The van der Waals surface area contributed by atoms with Crippen molar-refractivity contribution in [1.29, 1.82) is 0 Å². The van der Waals surface area contributed by atoms with Crippen LogP contribution in [0.1, 0.15) is 33.7 Å². The fraction of sp³-hybridized carbons (Fsp3) is 0.0984. The van der Waals surface area contributed by atoms with E-state index in [9.17, 15) is 13.2 Å². The maximum atomic E-state index is 12.9. The Hall–Kier alpha value is -8.34. The first-order chi connectivity index (χ1) is 34.7. The van der Waals surface area contributed by atoms with Gasteiger partial charge in [0.1, 0.15) is 19.6 Å². The summed E-state index contributed by atoms with van der Waals surface area (Å²) in [5.41, 5.74) is 6.35. The average molecular weight is 959 g/mol. The van der Waals surface area contributed by atoms with Crippen LogP contribution in [0.3, 0.4) is 0 Å². The Kier molecular flexibility index (Phi) is 13.5. The summed E-state index contributed by atoms with van der Waals surface area (Å²) in [6, 6.07) is 68.8. The minimum Gasteiger partial charge on any atom is -0.435 e. The summed E-state index contributed by atoms with van der Waals surface area (Å²) in [6.45, 7) is 3.56. The van der Waals surface area contributed by atoms with Crippen LogP contribution >= 0.6 is 0 Å². The zero-order valence-electron chi connectivity index (χ0n) is 39.1. The van der Waals surface area contributed by atoms with Crippen LogP contribution in [0.15, 0.2) is 231 Å². The monoisotopic (exact) mass is 958 g/mol. The van der Waals surface area contributed by atoms with Gasteiger partial charge in [-0.25, -0.2) is 0 Å². The number of hydrogen-bond acceptors (Lipinski definition) is 3. The van der Waals surface area contributed by atoms with E-state index in [-0.39, 0.29) is 12.5 Å². The highest BCUT2D eigenvalue weighted by Gasteiger charge is 2.39. The molecular formula is C61H51F3N3O3Si+3. The largest absolute Gasteiger partial charge is 0.435 e. The molecule has 0 radical (unpaired) electrons. The molecule has 8 aromatic carbocycles. The zero-order chi connectivity index (χ0) is 48.6. The molecule has 0 fully saturated rings. The minimum absolute atomic E-state index is 0.0596. The summed E-state index contributed by atoms with van der Waals surface area (Å²) >= 11 is 0. The van der Waals surface area contributed by atoms with E-state index in [0.717, 1.165) is 45.8 Å². The zero-order valence-corrected chi connectivity index (χ0v) is 40.1. The maximum Gasteiger partial charge on any atom is 0.419 e. The van der Waals surface area contributed by atoms with Gasteiger partial charge in [-0.05, 0) is 39.8 Å². The van der Waals surface area contributed by atoms with Crippen LogP contribution in [0, 0.1) is 0 Å². The van der Waals surface area contributed by atoms with Gasteiger partial charge < -0.3 is 14.2 Å². The lowest BCUT2D eigenvalue weighted by atomic mass is 9.97. The predicted octanol–water partition coefficient (Wildman–Crippen LogP) is 11.7. The van der Waals surface area contributed by atoms with E-state index in [2.05, 4.69) is 186 Å². The van der Waals surface area contributed by atoms with E-state index in [4.69, 9.17) is 14.2 Å². The van der Waals surface area contributed by atoms with Gasteiger partial charge >= 0.3 is 6.18 Å². The summed E-state index contributed by atoms with van der Waals surface area (Å²) in [7, 11) is -2.22. The van der Waals surface area contributed by atoms with Crippen LogP contribution in [0.2, 0.25) is 6.55 Å². The molecule has 0 atom stereocenters. The highest BCUT2D eigenvalue weighted by atomic mass is 28.3. The third-order valence-corrected chi connectivity index (χ3v) is 17.5. The Morgan fingerprint density at radius 1 is 0.423 bits per heavy atom. The average Bonchev–Trinajstić information content (AvgIpc) is 3.99. The molecule has 10 heteroatoms. The van der Waals surface area contributed by atoms with Crippen LogP contribution < -0.4 is 29.8 Å². The van der Waals surface area contributed by atoms with E-state index in [0.29, 0.717) is 24.9 Å². The first kappa shape index (κ1) is 46.4. The third kappa shape index (κ3) is 10.1. The van der Waals surface area contributed by atoms with Crippen molar-refractivity contribution in [3.05, 3.63) is 258 Å². The number of halogens is 3. The Morgan fingerprint density at radius 3 is 1.27 bits per heavy atom. The van der Waals surface area contributed by atoms with Crippen LogP contribution in [0.25, 0.3) is 0 Å². The van der Waals surface area contributed by atoms with Gasteiger partial charge in [-0.15, -0.1) is 0 Å². The fourth-order valence-electron chi connectivity index (χ4n) is 9.34. The summed E-state index contributed by atoms with van der Waals surface area (Å²) in [4.78, 5) is 0. The molecule has 71 heavy (non-hydrogen) atoms. The van der Waals surface area contributed by atoms with E-state index >= 15 is 0 Å². The SMILES string of the molecule is C1=CC(c2cccc3c2OC[N+](c2ccccc2)=C3)C=C1.C[Si](c1ccccc1)(c1ccccc1)c1cccc2c1OC[N+](c1ccccc1)=C2.FC(F)(F)c1cccc2c1OC[N+](c1ccccc1)=C2. The number of rotatable bonds is 7. The van der Waals surface area contributed by atoms with Gasteiger partial charge in [0.25, 0.3) is 20.2 Å². The second-order valence-electron chi connectivity index (χ2n) is 17.5. The summed E-state index contributed by atoms with van der Waals surface area (Å²) in [5, 5.41) is 4.10. The molecule has 0 bridgehead atoms. The van der Waals surface area contributed by atoms with Crippen LogP contribution in [-0.4, -0.2) is 60.6 Å². The van der Waals surface area contributed by atoms with Gasteiger partial charge in [-0.1, -0.05) is 176 Å². The van der Waals surface area contributed by atoms with Crippen molar-refractivity contribution < 1.29 is 41.1 Å². The van der Waals surface area contributed by atoms with Crippen molar-refractivity contribution in [3.8, 4) is 17.2 Å². The number of para-hydroxylation sites is 6. The molecule has 0 saturated carbocycles.